The summed E-state index contributed by atoms with van der Waals surface area (Å²) in [5.41, 5.74) is 3.92. The molecule has 0 unspecified atom stereocenters. The van der Waals surface area contributed by atoms with E-state index in [9.17, 15) is 9.59 Å². The molecule has 0 fully saturated rings. The number of amides is 2. The summed E-state index contributed by atoms with van der Waals surface area (Å²) < 4.78 is 2.02. The molecule has 4 aromatic rings. The minimum atomic E-state index is 0.0136. The largest absolute Gasteiger partial charge is 0.338 e. The van der Waals surface area contributed by atoms with Crippen molar-refractivity contribution in [3.63, 3.8) is 0 Å². The van der Waals surface area contributed by atoms with E-state index in [2.05, 4.69) is 16.0 Å². The molecule has 0 spiro atoms. The Morgan fingerprint density at radius 3 is 2.51 bits per heavy atom. The normalized spacial score (nSPS) is 15.3. The molecular formula is C30H33N5O2. The highest BCUT2D eigenvalue weighted by atomic mass is 16.2. The third-order valence-electron chi connectivity index (χ3n) is 7.02. The van der Waals surface area contributed by atoms with Gasteiger partial charge in [0.15, 0.2) is 0 Å². The van der Waals surface area contributed by atoms with E-state index < -0.39 is 0 Å². The van der Waals surface area contributed by atoms with Crippen LogP contribution in [0.4, 0.5) is 5.69 Å². The topological polar surface area (TPSA) is 61.7 Å². The summed E-state index contributed by atoms with van der Waals surface area (Å²) >= 11 is 0. The van der Waals surface area contributed by atoms with Crippen molar-refractivity contribution in [3.8, 4) is 0 Å². The van der Waals surface area contributed by atoms with Crippen LogP contribution in [0.3, 0.4) is 0 Å². The van der Waals surface area contributed by atoms with Crippen LogP contribution in [0.2, 0.25) is 0 Å². The zero-order valence-electron chi connectivity index (χ0n) is 21.3. The molecule has 2 aromatic carbocycles. The number of hydrogen-bond acceptors (Lipinski definition) is 4. The second-order valence-electron chi connectivity index (χ2n) is 9.57. The molecule has 0 bridgehead atoms. The van der Waals surface area contributed by atoms with E-state index in [4.69, 9.17) is 0 Å². The van der Waals surface area contributed by atoms with Crippen LogP contribution in [0, 0.1) is 0 Å². The Balaban J connectivity index is 1.43. The van der Waals surface area contributed by atoms with E-state index in [1.165, 1.54) is 0 Å². The van der Waals surface area contributed by atoms with Gasteiger partial charge in [-0.3, -0.25) is 19.5 Å². The van der Waals surface area contributed by atoms with E-state index in [0.717, 1.165) is 47.4 Å². The van der Waals surface area contributed by atoms with Crippen molar-refractivity contribution in [1.29, 1.82) is 0 Å². The molecule has 0 radical (unpaired) electrons. The van der Waals surface area contributed by atoms with Gasteiger partial charge in [-0.1, -0.05) is 42.5 Å². The van der Waals surface area contributed by atoms with Gasteiger partial charge in [-0.25, -0.2) is 0 Å². The SMILES string of the molecule is CC(=O)N1CCCN(Cc2ccccn2)CCN(C(=O)Cn2ccc3ccccc32)Cc2ccccc21. The van der Waals surface area contributed by atoms with Crippen molar-refractivity contribution in [1.82, 2.24) is 19.4 Å². The van der Waals surface area contributed by atoms with Crippen LogP contribution in [0.1, 0.15) is 24.6 Å². The van der Waals surface area contributed by atoms with Crippen LogP contribution in [0.15, 0.2) is 85.2 Å². The van der Waals surface area contributed by atoms with Gasteiger partial charge >= 0.3 is 0 Å². The lowest BCUT2D eigenvalue weighted by Crippen LogP contribution is -2.40. The van der Waals surface area contributed by atoms with Crippen LogP contribution in [-0.4, -0.2) is 57.3 Å². The molecule has 0 saturated carbocycles. The smallest absolute Gasteiger partial charge is 0.242 e. The summed E-state index contributed by atoms with van der Waals surface area (Å²) in [6.45, 7) is 5.82. The Hall–Kier alpha value is -3.97. The maximum absolute atomic E-state index is 13.7. The Morgan fingerprint density at radius 1 is 0.865 bits per heavy atom. The quantitative estimate of drug-likeness (QED) is 0.423. The lowest BCUT2D eigenvalue weighted by atomic mass is 10.1. The number of aromatic nitrogens is 2. The number of hydrogen-bond donors (Lipinski definition) is 0. The first-order valence-electron chi connectivity index (χ1n) is 12.9. The van der Waals surface area contributed by atoms with Gasteiger partial charge < -0.3 is 14.4 Å². The molecule has 190 valence electrons. The molecule has 0 saturated heterocycles. The number of pyridine rings is 1. The summed E-state index contributed by atoms with van der Waals surface area (Å²) in [6.07, 6.45) is 4.63. The van der Waals surface area contributed by atoms with E-state index >= 15 is 0 Å². The number of benzene rings is 2. The summed E-state index contributed by atoms with van der Waals surface area (Å²) in [4.78, 5) is 37.0. The third-order valence-corrected chi connectivity index (χ3v) is 7.02. The molecule has 5 rings (SSSR count). The number of carbonyl (C=O) groups is 2. The summed E-state index contributed by atoms with van der Waals surface area (Å²) in [6, 6.07) is 24.1. The van der Waals surface area contributed by atoms with Crippen molar-refractivity contribution < 1.29 is 9.59 Å². The van der Waals surface area contributed by atoms with Gasteiger partial charge in [0, 0.05) is 69.8 Å². The zero-order chi connectivity index (χ0) is 25.6. The molecule has 7 nitrogen and oxygen atoms in total. The zero-order valence-corrected chi connectivity index (χ0v) is 21.3. The predicted octanol–water partition coefficient (Wildman–Crippen LogP) is 4.32. The number of para-hydroxylation sites is 2. The summed E-state index contributed by atoms with van der Waals surface area (Å²) in [7, 11) is 0. The Morgan fingerprint density at radius 2 is 1.68 bits per heavy atom. The minimum absolute atomic E-state index is 0.0136. The lowest BCUT2D eigenvalue weighted by molar-refractivity contribution is -0.132. The van der Waals surface area contributed by atoms with Gasteiger partial charge in [0.05, 0.1) is 5.69 Å². The maximum Gasteiger partial charge on any atom is 0.242 e. The average molecular weight is 496 g/mol. The highest BCUT2D eigenvalue weighted by molar-refractivity contribution is 5.92. The molecule has 1 aliphatic rings. The Bertz CT molecular complexity index is 1370. The van der Waals surface area contributed by atoms with Crippen molar-refractivity contribution in [3.05, 3.63) is 96.4 Å². The number of rotatable bonds is 4. The molecule has 7 heteroatoms. The first-order chi connectivity index (χ1) is 18.1. The van der Waals surface area contributed by atoms with Crippen LogP contribution >= 0.6 is 0 Å². The Kier molecular flexibility index (Phi) is 7.61. The highest BCUT2D eigenvalue weighted by Gasteiger charge is 2.23. The molecule has 0 aliphatic carbocycles. The van der Waals surface area contributed by atoms with Crippen molar-refractivity contribution in [2.24, 2.45) is 0 Å². The molecule has 0 N–H and O–H groups in total. The van der Waals surface area contributed by atoms with Gasteiger partial charge in [0.1, 0.15) is 6.54 Å². The molecule has 3 heterocycles. The maximum atomic E-state index is 13.7. The molecular weight excluding hydrogens is 462 g/mol. The highest BCUT2D eigenvalue weighted by Crippen LogP contribution is 2.24. The van der Waals surface area contributed by atoms with Crippen LogP contribution in [0.25, 0.3) is 10.9 Å². The molecule has 1 aliphatic heterocycles. The number of anilines is 1. The third kappa shape index (κ3) is 5.89. The van der Waals surface area contributed by atoms with Crippen molar-refractivity contribution in [2.75, 3.05) is 31.1 Å². The van der Waals surface area contributed by atoms with E-state index in [1.807, 2.05) is 93.5 Å². The van der Waals surface area contributed by atoms with Crippen molar-refractivity contribution >= 4 is 28.4 Å². The fourth-order valence-corrected chi connectivity index (χ4v) is 5.08. The monoisotopic (exact) mass is 495 g/mol. The fraction of sp³-hybridized carbons (Fsp3) is 0.300. The van der Waals surface area contributed by atoms with Gasteiger partial charge in [-0.05, 0) is 47.7 Å². The molecule has 0 atom stereocenters. The Labute approximate surface area is 217 Å². The number of fused-ring (bicyclic) bond motifs is 2. The standard InChI is InChI=1S/C30H33N5O2/c1-24(36)35-17-8-16-32(22-27-11-6-7-15-31-27)19-20-34(21-26-10-3-5-13-29(26)35)30(37)23-33-18-14-25-9-2-4-12-28(25)33/h2-7,9-15,18H,8,16-17,19-23H2,1H3. The number of carbonyl (C=O) groups excluding carboxylic acids is 2. The van der Waals surface area contributed by atoms with E-state index in [0.29, 0.717) is 26.2 Å². The fourth-order valence-electron chi connectivity index (χ4n) is 5.08. The van der Waals surface area contributed by atoms with Gasteiger partial charge in [-0.15, -0.1) is 0 Å². The lowest BCUT2D eigenvalue weighted by Gasteiger charge is -2.28. The first kappa shape index (κ1) is 24.7. The van der Waals surface area contributed by atoms with E-state index in [-0.39, 0.29) is 18.4 Å². The summed E-state index contributed by atoms with van der Waals surface area (Å²) in [5, 5.41) is 1.12. The van der Waals surface area contributed by atoms with Crippen LogP contribution < -0.4 is 4.90 Å². The first-order valence-corrected chi connectivity index (χ1v) is 12.9. The van der Waals surface area contributed by atoms with Crippen molar-refractivity contribution in [2.45, 2.75) is 33.0 Å². The predicted molar refractivity (Wildman–Crippen MR) is 146 cm³/mol. The minimum Gasteiger partial charge on any atom is -0.338 e. The van der Waals surface area contributed by atoms with Crippen LogP contribution in [0.5, 0.6) is 0 Å². The van der Waals surface area contributed by atoms with Gasteiger partial charge in [0.2, 0.25) is 11.8 Å². The van der Waals surface area contributed by atoms with Gasteiger partial charge in [-0.2, -0.15) is 0 Å². The second kappa shape index (κ2) is 11.4. The van der Waals surface area contributed by atoms with E-state index in [1.54, 1.807) is 6.92 Å². The summed E-state index contributed by atoms with van der Waals surface area (Å²) in [5.74, 6) is 0.0715. The molecule has 2 amide bonds. The van der Waals surface area contributed by atoms with Crippen LogP contribution in [-0.2, 0) is 29.2 Å². The van der Waals surface area contributed by atoms with Gasteiger partial charge in [0.25, 0.3) is 0 Å². The number of nitrogens with zero attached hydrogens (tertiary/aromatic N) is 5. The molecule has 37 heavy (non-hydrogen) atoms. The second-order valence-corrected chi connectivity index (χ2v) is 9.57. The molecule has 2 aromatic heterocycles. The average Bonchev–Trinajstić information content (AvgIpc) is 3.30.